The molecule has 2 unspecified atom stereocenters. The topological polar surface area (TPSA) is 79.4 Å². The number of halogens is 1. The highest BCUT2D eigenvalue weighted by Crippen LogP contribution is 2.27. The Bertz CT molecular complexity index is 854. The lowest BCUT2D eigenvalue weighted by Gasteiger charge is -2.23. The molecule has 0 bridgehead atoms. The molecular formula is C18H16BrN3O3. The van der Waals surface area contributed by atoms with Crippen LogP contribution < -0.4 is 5.32 Å². The minimum Gasteiger partial charge on any atom is -0.348 e. The molecule has 3 amide bonds. The van der Waals surface area contributed by atoms with Gasteiger partial charge < -0.3 is 5.32 Å². The van der Waals surface area contributed by atoms with Crippen LogP contribution in [0.25, 0.3) is 0 Å². The molecule has 7 heteroatoms. The first-order valence-corrected chi connectivity index (χ1v) is 8.57. The minimum absolute atomic E-state index is 0.284. The molecule has 0 radical (unpaired) electrons. The zero-order valence-electron chi connectivity index (χ0n) is 13.7. The van der Waals surface area contributed by atoms with Crippen LogP contribution in [0.15, 0.2) is 47.2 Å². The molecule has 1 aliphatic rings. The summed E-state index contributed by atoms with van der Waals surface area (Å²) in [6.07, 6.45) is 3.31. The number of carbonyl (C=O) groups is 3. The molecular weight excluding hydrogens is 386 g/mol. The van der Waals surface area contributed by atoms with E-state index in [-0.39, 0.29) is 6.04 Å². The van der Waals surface area contributed by atoms with Crippen molar-refractivity contribution in [2.45, 2.75) is 25.9 Å². The van der Waals surface area contributed by atoms with Crippen molar-refractivity contribution in [3.05, 3.63) is 63.9 Å². The van der Waals surface area contributed by atoms with Crippen LogP contribution in [0.5, 0.6) is 0 Å². The summed E-state index contributed by atoms with van der Waals surface area (Å²) < 4.78 is 0.705. The smallest absolute Gasteiger partial charge is 0.262 e. The number of hydrogen-bond donors (Lipinski definition) is 1. The normalized spacial score (nSPS) is 15.7. The van der Waals surface area contributed by atoms with E-state index >= 15 is 0 Å². The van der Waals surface area contributed by atoms with Crippen molar-refractivity contribution in [1.29, 1.82) is 0 Å². The number of amides is 3. The number of pyridine rings is 1. The summed E-state index contributed by atoms with van der Waals surface area (Å²) in [7, 11) is 0. The number of hydrogen-bond acceptors (Lipinski definition) is 4. The van der Waals surface area contributed by atoms with Crippen molar-refractivity contribution in [3.63, 3.8) is 0 Å². The van der Waals surface area contributed by atoms with E-state index in [1.807, 2.05) is 13.0 Å². The van der Waals surface area contributed by atoms with Crippen LogP contribution in [0.4, 0.5) is 0 Å². The van der Waals surface area contributed by atoms with Gasteiger partial charge in [0.1, 0.15) is 6.04 Å². The molecule has 1 aromatic carbocycles. The van der Waals surface area contributed by atoms with Crippen LogP contribution in [-0.4, -0.2) is 33.6 Å². The van der Waals surface area contributed by atoms with E-state index in [0.29, 0.717) is 15.6 Å². The lowest BCUT2D eigenvalue weighted by Crippen LogP contribution is -2.48. The number of nitrogens with one attached hydrogen (secondary N) is 1. The molecule has 0 spiro atoms. The van der Waals surface area contributed by atoms with E-state index in [9.17, 15) is 14.4 Å². The average Bonchev–Trinajstić information content (AvgIpc) is 2.85. The molecule has 0 fully saturated rings. The van der Waals surface area contributed by atoms with E-state index in [4.69, 9.17) is 0 Å². The summed E-state index contributed by atoms with van der Waals surface area (Å²) >= 11 is 3.29. The van der Waals surface area contributed by atoms with E-state index in [1.165, 1.54) is 0 Å². The predicted molar refractivity (Wildman–Crippen MR) is 94.9 cm³/mol. The van der Waals surface area contributed by atoms with Crippen LogP contribution in [0.3, 0.4) is 0 Å². The van der Waals surface area contributed by atoms with E-state index in [1.54, 1.807) is 43.6 Å². The van der Waals surface area contributed by atoms with Crippen LogP contribution in [0.2, 0.25) is 0 Å². The summed E-state index contributed by atoms with van der Waals surface area (Å²) in [4.78, 5) is 42.6. The van der Waals surface area contributed by atoms with Gasteiger partial charge in [0, 0.05) is 16.9 Å². The second-order valence-corrected chi connectivity index (χ2v) is 6.78. The molecule has 2 aromatic rings. The van der Waals surface area contributed by atoms with Crippen molar-refractivity contribution in [2.75, 3.05) is 0 Å². The third-order valence-electron chi connectivity index (χ3n) is 4.19. The van der Waals surface area contributed by atoms with Gasteiger partial charge in [-0.25, -0.2) is 0 Å². The Kier molecular flexibility index (Phi) is 4.67. The fraction of sp³-hybridized carbons (Fsp3) is 0.222. The number of carbonyl (C=O) groups excluding carboxylic acids is 3. The van der Waals surface area contributed by atoms with Gasteiger partial charge in [-0.2, -0.15) is 0 Å². The van der Waals surface area contributed by atoms with Gasteiger partial charge in [0.15, 0.2) is 0 Å². The number of nitrogens with zero attached hydrogens (tertiary/aromatic N) is 2. The molecule has 1 N–H and O–H groups in total. The Morgan fingerprint density at radius 1 is 1.16 bits per heavy atom. The maximum atomic E-state index is 12.6. The van der Waals surface area contributed by atoms with Gasteiger partial charge in [0.25, 0.3) is 11.8 Å². The van der Waals surface area contributed by atoms with Crippen molar-refractivity contribution in [1.82, 2.24) is 15.2 Å². The minimum atomic E-state index is -0.912. The lowest BCUT2D eigenvalue weighted by atomic mass is 10.1. The van der Waals surface area contributed by atoms with E-state index in [0.717, 1.165) is 10.5 Å². The number of imide groups is 1. The van der Waals surface area contributed by atoms with Crippen molar-refractivity contribution >= 4 is 33.7 Å². The van der Waals surface area contributed by atoms with Gasteiger partial charge in [0.05, 0.1) is 17.2 Å². The molecule has 25 heavy (non-hydrogen) atoms. The van der Waals surface area contributed by atoms with Gasteiger partial charge in [-0.3, -0.25) is 24.3 Å². The lowest BCUT2D eigenvalue weighted by molar-refractivity contribution is -0.125. The average molecular weight is 402 g/mol. The Hall–Kier alpha value is -2.54. The summed E-state index contributed by atoms with van der Waals surface area (Å²) in [5.41, 5.74) is 1.46. The van der Waals surface area contributed by atoms with Gasteiger partial charge in [-0.1, -0.05) is 22.0 Å². The summed E-state index contributed by atoms with van der Waals surface area (Å²) in [6.45, 7) is 3.36. The highest BCUT2D eigenvalue weighted by Gasteiger charge is 2.41. The molecule has 1 aromatic heterocycles. The maximum absolute atomic E-state index is 12.6. The fourth-order valence-electron chi connectivity index (χ4n) is 2.75. The first-order chi connectivity index (χ1) is 11.9. The number of fused-ring (bicyclic) bond motifs is 1. The molecule has 3 rings (SSSR count). The first-order valence-electron chi connectivity index (χ1n) is 7.78. The van der Waals surface area contributed by atoms with Crippen molar-refractivity contribution < 1.29 is 14.4 Å². The Morgan fingerprint density at radius 3 is 2.56 bits per heavy atom. The summed E-state index contributed by atoms with van der Waals surface area (Å²) in [6, 6.07) is 7.31. The zero-order chi connectivity index (χ0) is 18.1. The summed E-state index contributed by atoms with van der Waals surface area (Å²) in [5, 5.41) is 2.82. The molecule has 0 saturated heterocycles. The largest absolute Gasteiger partial charge is 0.348 e. The van der Waals surface area contributed by atoms with Crippen molar-refractivity contribution in [3.8, 4) is 0 Å². The van der Waals surface area contributed by atoms with Crippen LogP contribution in [0.1, 0.15) is 46.2 Å². The second kappa shape index (κ2) is 6.76. The SMILES string of the molecule is CC(NC(=O)C(C)N1C(=O)c2ccc(Br)cc2C1=O)c1cccnc1. The molecule has 2 heterocycles. The second-order valence-electron chi connectivity index (χ2n) is 5.86. The van der Waals surface area contributed by atoms with Gasteiger partial charge in [0.2, 0.25) is 5.91 Å². The van der Waals surface area contributed by atoms with E-state index in [2.05, 4.69) is 26.2 Å². The maximum Gasteiger partial charge on any atom is 0.262 e. The third kappa shape index (κ3) is 3.19. The van der Waals surface area contributed by atoms with Gasteiger partial charge in [-0.15, -0.1) is 0 Å². The standard InChI is InChI=1S/C18H16BrN3O3/c1-10(12-4-3-7-20-9-12)21-16(23)11(2)22-17(24)14-6-5-13(19)8-15(14)18(22)25/h3-11H,1-2H3,(H,21,23). The quantitative estimate of drug-likeness (QED) is 0.798. The molecule has 1 aliphatic heterocycles. The molecule has 0 aliphatic carbocycles. The van der Waals surface area contributed by atoms with E-state index < -0.39 is 23.8 Å². The molecule has 6 nitrogen and oxygen atoms in total. The number of benzene rings is 1. The number of rotatable bonds is 4. The predicted octanol–water partition coefficient (Wildman–Crippen LogP) is 2.71. The van der Waals surface area contributed by atoms with Crippen LogP contribution in [-0.2, 0) is 4.79 Å². The monoisotopic (exact) mass is 401 g/mol. The molecule has 128 valence electrons. The van der Waals surface area contributed by atoms with Gasteiger partial charge >= 0.3 is 0 Å². The Balaban J connectivity index is 1.77. The van der Waals surface area contributed by atoms with Crippen LogP contribution >= 0.6 is 15.9 Å². The molecule has 0 saturated carbocycles. The Morgan fingerprint density at radius 2 is 1.88 bits per heavy atom. The summed E-state index contributed by atoms with van der Waals surface area (Å²) in [5.74, 6) is -1.31. The zero-order valence-corrected chi connectivity index (χ0v) is 15.3. The van der Waals surface area contributed by atoms with Gasteiger partial charge in [-0.05, 0) is 43.7 Å². The van der Waals surface area contributed by atoms with Crippen LogP contribution in [0, 0.1) is 0 Å². The fourth-order valence-corrected chi connectivity index (χ4v) is 3.11. The third-order valence-corrected chi connectivity index (χ3v) is 4.68. The Labute approximate surface area is 153 Å². The molecule has 2 atom stereocenters. The highest BCUT2D eigenvalue weighted by molar-refractivity contribution is 9.10. The van der Waals surface area contributed by atoms with Crippen molar-refractivity contribution in [2.24, 2.45) is 0 Å². The highest BCUT2D eigenvalue weighted by atomic mass is 79.9. The first kappa shape index (κ1) is 17.3. The number of aromatic nitrogens is 1.